The van der Waals surface area contributed by atoms with E-state index >= 15 is 0 Å². The van der Waals surface area contributed by atoms with Crippen LogP contribution >= 0.6 is 11.3 Å². The molecule has 2 nitrogen and oxygen atoms in total. The lowest BCUT2D eigenvalue weighted by molar-refractivity contribution is -0.116. The normalized spacial score (nSPS) is 10.8. The number of hydrogen-bond donors (Lipinski definition) is 1. The van der Waals surface area contributed by atoms with Gasteiger partial charge in [0.15, 0.2) is 0 Å². The zero-order valence-electron chi connectivity index (χ0n) is 9.90. The molecule has 0 bridgehead atoms. The SMILES string of the molecule is O=C(/C=C/c1cccs1)NCc1ccc(F)cc1F. The van der Waals surface area contributed by atoms with Crippen LogP contribution in [0.5, 0.6) is 0 Å². The molecule has 1 N–H and O–H groups in total. The number of carbonyl (C=O) groups is 1. The highest BCUT2D eigenvalue weighted by molar-refractivity contribution is 7.10. The average Bonchev–Trinajstić information content (AvgIpc) is 2.88. The Kier molecular flexibility index (Phi) is 4.41. The van der Waals surface area contributed by atoms with Gasteiger partial charge in [0, 0.05) is 29.1 Å². The molecule has 0 fully saturated rings. The molecule has 1 amide bonds. The summed E-state index contributed by atoms with van der Waals surface area (Å²) in [6.45, 7) is 0.0275. The molecule has 0 aliphatic carbocycles. The number of rotatable bonds is 4. The monoisotopic (exact) mass is 279 g/mol. The third-order valence-electron chi connectivity index (χ3n) is 2.41. The first kappa shape index (κ1) is 13.4. The summed E-state index contributed by atoms with van der Waals surface area (Å²) >= 11 is 1.51. The summed E-state index contributed by atoms with van der Waals surface area (Å²) in [6, 6.07) is 7.03. The van der Waals surface area contributed by atoms with Gasteiger partial charge in [-0.3, -0.25) is 4.79 Å². The van der Waals surface area contributed by atoms with Crippen molar-refractivity contribution in [2.45, 2.75) is 6.54 Å². The Labute approximate surface area is 113 Å². The van der Waals surface area contributed by atoms with E-state index in [0.717, 1.165) is 17.0 Å². The molecule has 98 valence electrons. The van der Waals surface area contributed by atoms with E-state index in [-0.39, 0.29) is 18.0 Å². The highest BCUT2D eigenvalue weighted by Gasteiger charge is 2.04. The van der Waals surface area contributed by atoms with E-state index < -0.39 is 11.6 Å². The van der Waals surface area contributed by atoms with Gasteiger partial charge < -0.3 is 5.32 Å². The van der Waals surface area contributed by atoms with Crippen LogP contribution in [0.15, 0.2) is 41.8 Å². The quantitative estimate of drug-likeness (QED) is 0.854. The number of nitrogens with one attached hydrogen (secondary N) is 1. The lowest BCUT2D eigenvalue weighted by Crippen LogP contribution is -2.20. The van der Waals surface area contributed by atoms with Gasteiger partial charge in [-0.25, -0.2) is 8.78 Å². The molecule has 0 spiro atoms. The van der Waals surface area contributed by atoms with E-state index in [2.05, 4.69) is 5.32 Å². The fourth-order valence-electron chi connectivity index (χ4n) is 1.45. The Balaban J connectivity index is 1.90. The van der Waals surface area contributed by atoms with Gasteiger partial charge in [-0.15, -0.1) is 11.3 Å². The zero-order chi connectivity index (χ0) is 13.7. The molecule has 0 unspecified atom stereocenters. The summed E-state index contributed by atoms with van der Waals surface area (Å²) in [7, 11) is 0. The van der Waals surface area contributed by atoms with Crippen LogP contribution in [-0.4, -0.2) is 5.91 Å². The van der Waals surface area contributed by atoms with Crippen molar-refractivity contribution in [3.05, 3.63) is 63.9 Å². The van der Waals surface area contributed by atoms with Crippen molar-refractivity contribution in [2.75, 3.05) is 0 Å². The summed E-state index contributed by atoms with van der Waals surface area (Å²) in [5.74, 6) is -1.62. The Hall–Kier alpha value is -2.01. The maximum Gasteiger partial charge on any atom is 0.244 e. The highest BCUT2D eigenvalue weighted by Crippen LogP contribution is 2.10. The summed E-state index contributed by atoms with van der Waals surface area (Å²) in [5, 5.41) is 4.45. The molecule has 0 radical (unpaired) electrons. The van der Waals surface area contributed by atoms with Crippen molar-refractivity contribution < 1.29 is 13.6 Å². The molecule has 0 saturated heterocycles. The van der Waals surface area contributed by atoms with Crippen molar-refractivity contribution in [1.82, 2.24) is 5.32 Å². The van der Waals surface area contributed by atoms with E-state index in [0.29, 0.717) is 0 Å². The highest BCUT2D eigenvalue weighted by atomic mass is 32.1. The number of amides is 1. The van der Waals surface area contributed by atoms with Gasteiger partial charge in [0.1, 0.15) is 11.6 Å². The summed E-state index contributed by atoms with van der Waals surface area (Å²) in [6.07, 6.45) is 3.06. The number of halogens is 2. The lowest BCUT2D eigenvalue weighted by Gasteiger charge is -2.03. The molecule has 1 aromatic heterocycles. The van der Waals surface area contributed by atoms with E-state index in [9.17, 15) is 13.6 Å². The average molecular weight is 279 g/mol. The van der Waals surface area contributed by atoms with Crippen LogP contribution in [0.4, 0.5) is 8.78 Å². The number of hydrogen-bond acceptors (Lipinski definition) is 2. The predicted molar refractivity (Wildman–Crippen MR) is 71.6 cm³/mol. The minimum Gasteiger partial charge on any atom is -0.348 e. The second-order valence-electron chi connectivity index (χ2n) is 3.80. The van der Waals surface area contributed by atoms with Crippen LogP contribution in [0.2, 0.25) is 0 Å². The Bertz CT molecular complexity index is 593. The van der Waals surface area contributed by atoms with Gasteiger partial charge in [0.05, 0.1) is 0 Å². The van der Waals surface area contributed by atoms with Crippen molar-refractivity contribution in [1.29, 1.82) is 0 Å². The summed E-state index contributed by atoms with van der Waals surface area (Å²) in [4.78, 5) is 12.5. The van der Waals surface area contributed by atoms with Gasteiger partial charge in [-0.05, 0) is 23.6 Å². The van der Waals surface area contributed by atoms with Crippen LogP contribution in [-0.2, 0) is 11.3 Å². The van der Waals surface area contributed by atoms with Gasteiger partial charge >= 0.3 is 0 Å². The molecular formula is C14H11F2NOS. The van der Waals surface area contributed by atoms with Gasteiger partial charge in [0.25, 0.3) is 0 Å². The minimum atomic E-state index is -0.664. The van der Waals surface area contributed by atoms with Crippen molar-refractivity contribution in [2.24, 2.45) is 0 Å². The maximum atomic E-state index is 13.3. The van der Waals surface area contributed by atoms with Gasteiger partial charge in [-0.2, -0.15) is 0 Å². The molecule has 0 aliphatic rings. The zero-order valence-corrected chi connectivity index (χ0v) is 10.7. The van der Waals surface area contributed by atoms with E-state index in [1.807, 2.05) is 17.5 Å². The molecule has 1 heterocycles. The molecule has 0 aliphatic heterocycles. The first-order valence-corrected chi connectivity index (χ1v) is 6.46. The first-order chi connectivity index (χ1) is 9.15. The standard InChI is InChI=1S/C14H11F2NOS/c15-11-4-3-10(13(16)8-11)9-17-14(18)6-5-12-2-1-7-19-12/h1-8H,9H2,(H,17,18)/b6-5+. The van der Waals surface area contributed by atoms with E-state index in [1.165, 1.54) is 23.5 Å². The van der Waals surface area contributed by atoms with Crippen LogP contribution in [0.3, 0.4) is 0 Å². The minimum absolute atomic E-state index is 0.0275. The summed E-state index contributed by atoms with van der Waals surface area (Å²) < 4.78 is 26.0. The first-order valence-electron chi connectivity index (χ1n) is 5.58. The Morgan fingerprint density at radius 3 is 2.84 bits per heavy atom. The number of carbonyl (C=O) groups excluding carboxylic acids is 1. The molecule has 0 saturated carbocycles. The third-order valence-corrected chi connectivity index (χ3v) is 3.25. The number of benzene rings is 1. The van der Waals surface area contributed by atoms with Crippen molar-refractivity contribution in [3.8, 4) is 0 Å². The smallest absolute Gasteiger partial charge is 0.244 e. The Morgan fingerprint density at radius 2 is 2.16 bits per heavy atom. The van der Waals surface area contributed by atoms with Crippen LogP contribution < -0.4 is 5.32 Å². The van der Waals surface area contributed by atoms with Crippen LogP contribution in [0, 0.1) is 11.6 Å². The fourth-order valence-corrected chi connectivity index (χ4v) is 2.07. The second-order valence-corrected chi connectivity index (χ2v) is 4.78. The van der Waals surface area contributed by atoms with E-state index in [1.54, 1.807) is 6.08 Å². The maximum absolute atomic E-state index is 13.3. The van der Waals surface area contributed by atoms with Crippen LogP contribution in [0.1, 0.15) is 10.4 Å². The molecular weight excluding hydrogens is 268 g/mol. The van der Waals surface area contributed by atoms with Crippen molar-refractivity contribution >= 4 is 23.3 Å². The molecule has 0 atom stereocenters. The largest absolute Gasteiger partial charge is 0.348 e. The molecule has 1 aromatic carbocycles. The van der Waals surface area contributed by atoms with Crippen LogP contribution in [0.25, 0.3) is 6.08 Å². The number of thiophene rings is 1. The lowest BCUT2D eigenvalue weighted by atomic mass is 10.2. The molecule has 2 rings (SSSR count). The van der Waals surface area contributed by atoms with Crippen molar-refractivity contribution in [3.63, 3.8) is 0 Å². The molecule has 2 aromatic rings. The second kappa shape index (κ2) is 6.24. The van der Waals surface area contributed by atoms with Gasteiger partial charge in [-0.1, -0.05) is 12.1 Å². The molecule has 5 heteroatoms. The predicted octanol–water partition coefficient (Wildman–Crippen LogP) is 3.36. The topological polar surface area (TPSA) is 29.1 Å². The van der Waals surface area contributed by atoms with E-state index in [4.69, 9.17) is 0 Å². The fraction of sp³-hybridized carbons (Fsp3) is 0.0714. The summed E-state index contributed by atoms with van der Waals surface area (Å²) in [5.41, 5.74) is 0.249. The Morgan fingerprint density at radius 1 is 1.32 bits per heavy atom. The third kappa shape index (κ3) is 3.99. The molecule has 19 heavy (non-hydrogen) atoms. The van der Waals surface area contributed by atoms with Gasteiger partial charge in [0.2, 0.25) is 5.91 Å².